The smallest absolute Gasteiger partial charge is 0.119 e. The van der Waals surface area contributed by atoms with Crippen LogP contribution >= 0.6 is 0 Å². The predicted octanol–water partition coefficient (Wildman–Crippen LogP) is 3.60. The van der Waals surface area contributed by atoms with Gasteiger partial charge in [-0.15, -0.1) is 0 Å². The number of hydrogen-bond acceptors (Lipinski definition) is 2. The van der Waals surface area contributed by atoms with Crippen LogP contribution in [0.15, 0.2) is 36.4 Å². The molecule has 1 atom stereocenters. The molecular weight excluding hydrogens is 198 g/mol. The summed E-state index contributed by atoms with van der Waals surface area (Å²) in [5, 5.41) is 9.63. The molecule has 0 fully saturated rings. The van der Waals surface area contributed by atoms with E-state index in [0.717, 1.165) is 5.75 Å². The maximum absolute atomic E-state index is 7.27. The Balaban J connectivity index is 2.51. The van der Waals surface area contributed by atoms with Crippen LogP contribution in [0.4, 0.5) is 0 Å². The number of hydrogen-bond donors (Lipinski definition) is 1. The van der Waals surface area contributed by atoms with Crippen molar-refractivity contribution in [1.29, 1.82) is 5.41 Å². The van der Waals surface area contributed by atoms with Crippen LogP contribution in [0.2, 0.25) is 0 Å². The molecule has 0 radical (unpaired) electrons. The van der Waals surface area contributed by atoms with Crippen LogP contribution in [-0.2, 0) is 0 Å². The van der Waals surface area contributed by atoms with E-state index in [1.807, 2.05) is 25.1 Å². The van der Waals surface area contributed by atoms with E-state index in [-0.39, 0.29) is 5.92 Å². The summed E-state index contributed by atoms with van der Waals surface area (Å²) in [4.78, 5) is 0. The second-order valence-corrected chi connectivity index (χ2v) is 3.93. The second kappa shape index (κ2) is 4.35. The normalized spacial score (nSPS) is 12.4. The Kier molecular flexibility index (Phi) is 2.91. The van der Waals surface area contributed by atoms with Crippen molar-refractivity contribution in [2.75, 3.05) is 7.11 Å². The molecule has 2 rings (SSSR count). The Morgan fingerprint density at radius 1 is 1.12 bits per heavy atom. The van der Waals surface area contributed by atoms with E-state index in [4.69, 9.17) is 10.1 Å². The molecule has 0 amide bonds. The highest BCUT2D eigenvalue weighted by atomic mass is 16.5. The van der Waals surface area contributed by atoms with Gasteiger partial charge in [-0.3, -0.25) is 0 Å². The summed E-state index contributed by atoms with van der Waals surface area (Å²) in [6.45, 7) is 2.03. The molecule has 2 aromatic rings. The van der Waals surface area contributed by atoms with Crippen molar-refractivity contribution in [3.63, 3.8) is 0 Å². The lowest BCUT2D eigenvalue weighted by Crippen LogP contribution is -1.93. The molecular formula is C14H15NO. The first kappa shape index (κ1) is 10.7. The number of benzene rings is 2. The Labute approximate surface area is 95.4 Å². The van der Waals surface area contributed by atoms with Gasteiger partial charge < -0.3 is 10.1 Å². The summed E-state index contributed by atoms with van der Waals surface area (Å²) in [5.41, 5.74) is 1.17. The molecule has 16 heavy (non-hydrogen) atoms. The summed E-state index contributed by atoms with van der Waals surface area (Å²) in [6.07, 6.45) is 1.46. The number of nitrogens with one attached hydrogen (secondary N) is 1. The average Bonchev–Trinajstić information content (AvgIpc) is 2.36. The van der Waals surface area contributed by atoms with Gasteiger partial charge in [-0.25, -0.2) is 0 Å². The monoisotopic (exact) mass is 213 g/mol. The molecule has 0 bridgehead atoms. The quantitative estimate of drug-likeness (QED) is 0.776. The third-order valence-corrected chi connectivity index (χ3v) is 2.85. The second-order valence-electron chi connectivity index (χ2n) is 3.93. The summed E-state index contributed by atoms with van der Waals surface area (Å²) < 4.78 is 5.18. The SMILES string of the molecule is COc1ccc2cc([C@H](C)C=N)ccc2c1. The highest BCUT2D eigenvalue weighted by Gasteiger charge is 2.03. The fraction of sp³-hybridized carbons (Fsp3) is 0.214. The minimum atomic E-state index is 0.173. The van der Waals surface area contributed by atoms with Crippen LogP contribution in [0, 0.1) is 5.41 Å². The van der Waals surface area contributed by atoms with Crippen LogP contribution in [0.3, 0.4) is 0 Å². The molecule has 0 saturated heterocycles. The van der Waals surface area contributed by atoms with E-state index in [9.17, 15) is 0 Å². The highest BCUT2D eigenvalue weighted by molar-refractivity contribution is 5.85. The molecule has 82 valence electrons. The highest BCUT2D eigenvalue weighted by Crippen LogP contribution is 2.24. The van der Waals surface area contributed by atoms with Gasteiger partial charge in [0.15, 0.2) is 0 Å². The molecule has 0 heterocycles. The zero-order chi connectivity index (χ0) is 11.5. The van der Waals surface area contributed by atoms with Gasteiger partial charge in [-0.05, 0) is 28.5 Å². The molecule has 2 nitrogen and oxygen atoms in total. The van der Waals surface area contributed by atoms with Crippen molar-refractivity contribution in [3.05, 3.63) is 42.0 Å². The van der Waals surface area contributed by atoms with Crippen LogP contribution < -0.4 is 4.74 Å². The molecule has 0 aliphatic rings. The predicted molar refractivity (Wildman–Crippen MR) is 67.7 cm³/mol. The zero-order valence-electron chi connectivity index (χ0n) is 9.53. The van der Waals surface area contributed by atoms with Crippen LogP contribution in [-0.4, -0.2) is 13.3 Å². The van der Waals surface area contributed by atoms with E-state index in [1.54, 1.807) is 7.11 Å². The first-order chi connectivity index (χ1) is 7.74. The van der Waals surface area contributed by atoms with Gasteiger partial charge in [0, 0.05) is 12.1 Å². The van der Waals surface area contributed by atoms with Crippen molar-refractivity contribution in [2.45, 2.75) is 12.8 Å². The summed E-state index contributed by atoms with van der Waals surface area (Å²) >= 11 is 0. The lowest BCUT2D eigenvalue weighted by Gasteiger charge is -2.08. The summed E-state index contributed by atoms with van der Waals surface area (Å²) in [7, 11) is 1.67. The maximum Gasteiger partial charge on any atom is 0.119 e. The lowest BCUT2D eigenvalue weighted by atomic mass is 9.99. The fourth-order valence-electron chi connectivity index (χ4n) is 1.75. The van der Waals surface area contributed by atoms with E-state index in [2.05, 4.69) is 18.2 Å². The maximum atomic E-state index is 7.27. The van der Waals surface area contributed by atoms with Gasteiger partial charge in [0.05, 0.1) is 7.11 Å². The first-order valence-electron chi connectivity index (χ1n) is 5.33. The number of ether oxygens (including phenoxy) is 1. The van der Waals surface area contributed by atoms with Gasteiger partial charge in [-0.1, -0.05) is 31.2 Å². The van der Waals surface area contributed by atoms with Crippen molar-refractivity contribution in [2.24, 2.45) is 0 Å². The van der Waals surface area contributed by atoms with Crippen molar-refractivity contribution < 1.29 is 4.74 Å². The topological polar surface area (TPSA) is 33.1 Å². The third-order valence-electron chi connectivity index (χ3n) is 2.85. The van der Waals surface area contributed by atoms with Crippen molar-refractivity contribution in [3.8, 4) is 5.75 Å². The zero-order valence-corrected chi connectivity index (χ0v) is 9.53. The first-order valence-corrected chi connectivity index (χ1v) is 5.33. The number of methoxy groups -OCH3 is 1. The average molecular weight is 213 g/mol. The van der Waals surface area contributed by atoms with Crippen LogP contribution in [0.1, 0.15) is 18.4 Å². The van der Waals surface area contributed by atoms with Gasteiger partial charge in [-0.2, -0.15) is 0 Å². The standard InChI is InChI=1S/C14H15NO/c1-10(9-15)11-3-4-13-8-14(16-2)6-5-12(13)7-11/h3-10,15H,1-2H3/t10-/m1/s1. The van der Waals surface area contributed by atoms with Gasteiger partial charge >= 0.3 is 0 Å². The lowest BCUT2D eigenvalue weighted by molar-refractivity contribution is 0.415. The van der Waals surface area contributed by atoms with Gasteiger partial charge in [0.1, 0.15) is 5.75 Å². The summed E-state index contributed by atoms with van der Waals surface area (Å²) in [6, 6.07) is 12.3. The Bertz CT molecular complexity index is 519. The van der Waals surface area contributed by atoms with Crippen molar-refractivity contribution >= 4 is 17.0 Å². The molecule has 0 aliphatic carbocycles. The molecule has 2 heteroatoms. The van der Waals surface area contributed by atoms with Gasteiger partial charge in [0.25, 0.3) is 0 Å². The largest absolute Gasteiger partial charge is 0.497 e. The minimum Gasteiger partial charge on any atom is -0.497 e. The number of fused-ring (bicyclic) bond motifs is 1. The van der Waals surface area contributed by atoms with Crippen LogP contribution in [0.25, 0.3) is 10.8 Å². The molecule has 0 spiro atoms. The van der Waals surface area contributed by atoms with E-state index < -0.39 is 0 Å². The van der Waals surface area contributed by atoms with Crippen molar-refractivity contribution in [1.82, 2.24) is 0 Å². The van der Waals surface area contributed by atoms with Gasteiger partial charge in [0.2, 0.25) is 0 Å². The molecule has 2 aromatic carbocycles. The Morgan fingerprint density at radius 3 is 2.50 bits per heavy atom. The van der Waals surface area contributed by atoms with E-state index in [1.165, 1.54) is 22.6 Å². The molecule has 0 unspecified atom stereocenters. The molecule has 0 saturated carbocycles. The Hall–Kier alpha value is -1.83. The molecule has 0 aromatic heterocycles. The summed E-state index contributed by atoms with van der Waals surface area (Å²) in [5.74, 6) is 1.05. The fourth-order valence-corrected chi connectivity index (χ4v) is 1.75. The molecule has 1 N–H and O–H groups in total. The Morgan fingerprint density at radius 2 is 1.81 bits per heavy atom. The van der Waals surface area contributed by atoms with E-state index in [0.29, 0.717) is 0 Å². The minimum absolute atomic E-state index is 0.173. The van der Waals surface area contributed by atoms with E-state index >= 15 is 0 Å². The third kappa shape index (κ3) is 1.91. The van der Waals surface area contributed by atoms with Crippen LogP contribution in [0.5, 0.6) is 5.75 Å². The molecule has 0 aliphatic heterocycles. The number of rotatable bonds is 3.